The van der Waals surface area contributed by atoms with E-state index < -0.39 is 0 Å². The summed E-state index contributed by atoms with van der Waals surface area (Å²) in [6.07, 6.45) is 0.715. The number of hydrogen-bond donors (Lipinski definition) is 1. The number of anilines is 1. The smallest absolute Gasteiger partial charge is 0.265 e. The van der Waals surface area contributed by atoms with E-state index in [2.05, 4.69) is 10.3 Å². The summed E-state index contributed by atoms with van der Waals surface area (Å²) in [7, 11) is 1.87. The maximum atomic E-state index is 12.4. The first-order chi connectivity index (χ1) is 14.0. The Labute approximate surface area is 196 Å². The molecule has 1 aromatic rings. The summed E-state index contributed by atoms with van der Waals surface area (Å²) in [5.74, 6) is 1.47. The van der Waals surface area contributed by atoms with Crippen LogP contribution >= 0.6 is 24.0 Å². The van der Waals surface area contributed by atoms with Crippen molar-refractivity contribution in [3.63, 3.8) is 0 Å². The molecule has 0 radical (unpaired) electrons. The van der Waals surface area contributed by atoms with Crippen molar-refractivity contribution in [2.24, 2.45) is 4.99 Å². The molecule has 0 aliphatic carbocycles. The van der Waals surface area contributed by atoms with Crippen LogP contribution in [0.1, 0.15) is 27.2 Å². The van der Waals surface area contributed by atoms with Gasteiger partial charge in [0.2, 0.25) is 5.91 Å². The summed E-state index contributed by atoms with van der Waals surface area (Å²) in [5, 5.41) is 3.23. The van der Waals surface area contributed by atoms with Crippen molar-refractivity contribution in [1.82, 2.24) is 15.1 Å². The second-order valence-electron chi connectivity index (χ2n) is 6.81. The van der Waals surface area contributed by atoms with Gasteiger partial charge in [-0.15, -0.1) is 24.0 Å². The molecule has 2 amide bonds. The second-order valence-corrected chi connectivity index (χ2v) is 6.81. The summed E-state index contributed by atoms with van der Waals surface area (Å²) >= 11 is 0. The molecule has 0 unspecified atom stereocenters. The molecule has 0 fully saturated rings. The maximum absolute atomic E-state index is 12.4. The van der Waals surface area contributed by atoms with Crippen LogP contribution in [-0.4, -0.2) is 80.5 Å². The van der Waals surface area contributed by atoms with E-state index in [-0.39, 0.29) is 48.9 Å². The molecule has 168 valence electrons. The van der Waals surface area contributed by atoms with Gasteiger partial charge in [0.15, 0.2) is 12.6 Å². The molecule has 0 aromatic heterocycles. The monoisotopic (exact) mass is 531 g/mol. The molecule has 1 aliphatic heterocycles. The number of para-hydroxylation sites is 2. The Kier molecular flexibility index (Phi) is 11.5. The van der Waals surface area contributed by atoms with E-state index in [0.717, 1.165) is 18.0 Å². The van der Waals surface area contributed by atoms with Gasteiger partial charge in [-0.2, -0.15) is 0 Å². The van der Waals surface area contributed by atoms with Crippen molar-refractivity contribution in [2.45, 2.75) is 27.2 Å². The lowest BCUT2D eigenvalue weighted by Crippen LogP contribution is -2.45. The number of amides is 2. The summed E-state index contributed by atoms with van der Waals surface area (Å²) in [6, 6.07) is 7.57. The molecule has 2 rings (SSSR count). The molecule has 30 heavy (non-hydrogen) atoms. The van der Waals surface area contributed by atoms with Gasteiger partial charge in [-0.3, -0.25) is 14.6 Å². The molecular weight excluding hydrogens is 497 g/mol. The fraction of sp³-hybridized carbons (Fsp3) is 0.571. The van der Waals surface area contributed by atoms with Crippen molar-refractivity contribution in [1.29, 1.82) is 0 Å². The average Bonchev–Trinajstić information content (AvgIpc) is 2.72. The first-order valence-electron chi connectivity index (χ1n) is 10.3. The second kappa shape index (κ2) is 13.3. The van der Waals surface area contributed by atoms with E-state index >= 15 is 0 Å². The van der Waals surface area contributed by atoms with Gasteiger partial charge in [0.05, 0.1) is 12.2 Å². The van der Waals surface area contributed by atoms with Crippen LogP contribution in [-0.2, 0) is 9.59 Å². The Morgan fingerprint density at radius 2 is 1.93 bits per heavy atom. The van der Waals surface area contributed by atoms with E-state index in [9.17, 15) is 9.59 Å². The van der Waals surface area contributed by atoms with Crippen molar-refractivity contribution in [3.05, 3.63) is 24.3 Å². The first-order valence-corrected chi connectivity index (χ1v) is 10.3. The lowest BCUT2D eigenvalue weighted by Gasteiger charge is -2.29. The number of nitrogens with zero attached hydrogens (tertiary/aromatic N) is 4. The SMILES string of the molecule is CCNC(=NCCCN1C(=O)COc2ccccc21)N(C)CC(=O)N(CC)CC.I. The van der Waals surface area contributed by atoms with Gasteiger partial charge in [-0.1, -0.05) is 12.1 Å². The van der Waals surface area contributed by atoms with E-state index in [1.807, 2.05) is 61.9 Å². The highest BCUT2D eigenvalue weighted by atomic mass is 127. The topological polar surface area (TPSA) is 77.5 Å². The molecule has 0 spiro atoms. The first kappa shape index (κ1) is 26.0. The maximum Gasteiger partial charge on any atom is 0.265 e. The predicted octanol–water partition coefficient (Wildman–Crippen LogP) is 2.19. The number of likely N-dealkylation sites (N-methyl/N-ethyl adjacent to an activating group) is 2. The Bertz CT molecular complexity index is 724. The molecular formula is C21H34IN5O3. The minimum Gasteiger partial charge on any atom is -0.482 e. The zero-order valence-corrected chi connectivity index (χ0v) is 20.7. The minimum atomic E-state index is -0.0403. The number of aliphatic imine (C=N–C) groups is 1. The Morgan fingerprint density at radius 3 is 2.60 bits per heavy atom. The van der Waals surface area contributed by atoms with Crippen molar-refractivity contribution < 1.29 is 14.3 Å². The molecule has 1 aromatic carbocycles. The number of nitrogens with one attached hydrogen (secondary N) is 1. The highest BCUT2D eigenvalue weighted by molar-refractivity contribution is 14.0. The van der Waals surface area contributed by atoms with E-state index in [1.54, 1.807) is 4.90 Å². The van der Waals surface area contributed by atoms with Crippen LogP contribution in [0, 0.1) is 0 Å². The highest BCUT2D eigenvalue weighted by Gasteiger charge is 2.24. The van der Waals surface area contributed by atoms with Crippen LogP contribution in [0.3, 0.4) is 0 Å². The Morgan fingerprint density at radius 1 is 1.23 bits per heavy atom. The number of carbonyl (C=O) groups excluding carboxylic acids is 2. The number of carbonyl (C=O) groups is 2. The number of fused-ring (bicyclic) bond motifs is 1. The number of hydrogen-bond acceptors (Lipinski definition) is 4. The van der Waals surface area contributed by atoms with Gasteiger partial charge >= 0.3 is 0 Å². The van der Waals surface area contributed by atoms with Gasteiger partial charge in [0, 0.05) is 39.8 Å². The quantitative estimate of drug-likeness (QED) is 0.229. The molecule has 0 saturated carbocycles. The third-order valence-corrected chi connectivity index (χ3v) is 4.79. The molecule has 9 heteroatoms. The Balaban J connectivity index is 0.00000450. The number of ether oxygens (including phenoxy) is 1. The lowest BCUT2D eigenvalue weighted by atomic mass is 10.2. The molecule has 1 heterocycles. The third-order valence-electron chi connectivity index (χ3n) is 4.79. The lowest BCUT2D eigenvalue weighted by molar-refractivity contribution is -0.131. The number of guanidine groups is 1. The largest absolute Gasteiger partial charge is 0.482 e. The van der Waals surface area contributed by atoms with E-state index in [4.69, 9.17) is 4.74 Å². The predicted molar refractivity (Wildman–Crippen MR) is 131 cm³/mol. The zero-order valence-electron chi connectivity index (χ0n) is 18.4. The summed E-state index contributed by atoms with van der Waals surface area (Å²) in [5.41, 5.74) is 0.807. The fourth-order valence-electron chi connectivity index (χ4n) is 3.24. The molecule has 1 N–H and O–H groups in total. The van der Waals surface area contributed by atoms with Crippen LogP contribution in [0.4, 0.5) is 5.69 Å². The third kappa shape index (κ3) is 7.03. The van der Waals surface area contributed by atoms with Gasteiger partial charge in [0.1, 0.15) is 5.75 Å². The van der Waals surface area contributed by atoms with Crippen LogP contribution in [0.2, 0.25) is 0 Å². The van der Waals surface area contributed by atoms with Crippen molar-refractivity contribution in [2.75, 3.05) is 57.8 Å². The summed E-state index contributed by atoms with van der Waals surface area (Å²) in [4.78, 5) is 34.6. The van der Waals surface area contributed by atoms with Crippen molar-refractivity contribution >= 4 is 47.4 Å². The molecule has 8 nitrogen and oxygen atoms in total. The standard InChI is InChI=1S/C21H33N5O3.HI/c1-5-22-21(24(4)15-19(27)25(6-2)7-3)23-13-10-14-26-17-11-8-9-12-18(17)29-16-20(26)28;/h8-9,11-12H,5-7,10,13-16H2,1-4H3,(H,22,23);1H. The van der Waals surface area contributed by atoms with Crippen LogP contribution in [0.5, 0.6) is 5.75 Å². The van der Waals surface area contributed by atoms with Crippen LogP contribution in [0.15, 0.2) is 29.3 Å². The number of benzene rings is 1. The minimum absolute atomic E-state index is 0. The molecule has 0 saturated heterocycles. The van der Waals surface area contributed by atoms with Gasteiger partial charge in [-0.05, 0) is 39.3 Å². The summed E-state index contributed by atoms with van der Waals surface area (Å²) < 4.78 is 5.48. The zero-order chi connectivity index (χ0) is 21.2. The molecule has 0 bridgehead atoms. The molecule has 0 atom stereocenters. The average molecular weight is 531 g/mol. The normalized spacial score (nSPS) is 13.1. The van der Waals surface area contributed by atoms with Crippen LogP contribution < -0.4 is 15.0 Å². The summed E-state index contributed by atoms with van der Waals surface area (Å²) in [6.45, 7) is 9.55. The molecule has 1 aliphatic rings. The van der Waals surface area contributed by atoms with E-state index in [0.29, 0.717) is 38.6 Å². The van der Waals surface area contributed by atoms with Gasteiger partial charge < -0.3 is 24.8 Å². The van der Waals surface area contributed by atoms with Crippen molar-refractivity contribution in [3.8, 4) is 5.75 Å². The number of halogens is 1. The number of rotatable bonds is 9. The highest BCUT2D eigenvalue weighted by Crippen LogP contribution is 2.31. The van der Waals surface area contributed by atoms with Gasteiger partial charge in [0.25, 0.3) is 5.91 Å². The van der Waals surface area contributed by atoms with Crippen LogP contribution in [0.25, 0.3) is 0 Å². The van der Waals surface area contributed by atoms with E-state index in [1.165, 1.54) is 0 Å². The Hall–Kier alpha value is -2.04. The van der Waals surface area contributed by atoms with Gasteiger partial charge in [-0.25, -0.2) is 0 Å². The fourth-order valence-corrected chi connectivity index (χ4v) is 3.24.